The topological polar surface area (TPSA) is 107 Å². The van der Waals surface area contributed by atoms with Gasteiger partial charge in [-0.2, -0.15) is 5.10 Å². The van der Waals surface area contributed by atoms with Crippen LogP contribution in [0.15, 0.2) is 48.8 Å². The van der Waals surface area contributed by atoms with E-state index in [2.05, 4.69) is 24.3 Å². The molecule has 0 amide bonds. The average molecular weight is 367 g/mol. The van der Waals surface area contributed by atoms with Gasteiger partial charge in [0.25, 0.3) is 0 Å². The van der Waals surface area contributed by atoms with Gasteiger partial charge in [-0.25, -0.2) is 4.68 Å². The lowest BCUT2D eigenvalue weighted by atomic mass is 9.91. The molecule has 3 rings (SSSR count). The number of aromatic hydroxyl groups is 1. The van der Waals surface area contributed by atoms with Gasteiger partial charge in [0.15, 0.2) is 0 Å². The van der Waals surface area contributed by atoms with Crippen LogP contribution in [-0.2, 0) is 4.74 Å². The number of phenols is 1. The second kappa shape index (κ2) is 7.75. The molecule has 1 aromatic carbocycles. The quantitative estimate of drug-likeness (QED) is 0.481. The fourth-order valence-corrected chi connectivity index (χ4v) is 3.20. The number of hydrogen-bond donors (Lipinski definition) is 4. The first-order valence-electron chi connectivity index (χ1n) is 8.94. The Morgan fingerprint density at radius 1 is 1.37 bits per heavy atom. The Morgan fingerprint density at radius 3 is 2.85 bits per heavy atom. The molecule has 1 unspecified atom stereocenters. The molecule has 1 aliphatic rings. The van der Waals surface area contributed by atoms with E-state index in [1.54, 1.807) is 41.3 Å². The number of aromatic nitrogens is 2. The first kappa shape index (κ1) is 18.8. The molecule has 142 valence electrons. The SMILES string of the molecule is CC1(C)CC(OC(=N)/C=C\C(=N)c2ccc(-n3cccn3)cc2O)CCN1. The van der Waals surface area contributed by atoms with E-state index in [4.69, 9.17) is 15.6 Å². The Bertz CT molecular complexity index is 855. The van der Waals surface area contributed by atoms with Gasteiger partial charge in [0, 0.05) is 42.1 Å². The maximum absolute atomic E-state index is 10.2. The number of hydrogen-bond acceptors (Lipinski definition) is 6. The summed E-state index contributed by atoms with van der Waals surface area (Å²) >= 11 is 0. The van der Waals surface area contributed by atoms with E-state index in [1.165, 1.54) is 12.2 Å². The predicted molar refractivity (Wildman–Crippen MR) is 105 cm³/mol. The van der Waals surface area contributed by atoms with Crippen molar-refractivity contribution in [1.82, 2.24) is 15.1 Å². The van der Waals surface area contributed by atoms with Gasteiger partial charge in [0.05, 0.1) is 11.4 Å². The molecule has 7 heteroatoms. The maximum atomic E-state index is 10.2. The molecule has 1 aliphatic heterocycles. The summed E-state index contributed by atoms with van der Waals surface area (Å²) in [7, 11) is 0. The first-order valence-corrected chi connectivity index (χ1v) is 8.94. The van der Waals surface area contributed by atoms with Crippen molar-refractivity contribution < 1.29 is 9.84 Å². The molecule has 2 heterocycles. The third-order valence-electron chi connectivity index (χ3n) is 4.54. The van der Waals surface area contributed by atoms with Gasteiger partial charge in [-0.1, -0.05) is 0 Å². The lowest BCUT2D eigenvalue weighted by Crippen LogP contribution is -2.48. The molecule has 0 aliphatic carbocycles. The molecule has 2 aromatic rings. The monoisotopic (exact) mass is 367 g/mol. The number of nitrogens with one attached hydrogen (secondary N) is 3. The fourth-order valence-electron chi connectivity index (χ4n) is 3.20. The van der Waals surface area contributed by atoms with Gasteiger partial charge in [-0.05, 0) is 51.1 Å². The molecule has 1 fully saturated rings. The average Bonchev–Trinajstić information content (AvgIpc) is 3.13. The van der Waals surface area contributed by atoms with Crippen LogP contribution in [0.1, 0.15) is 32.3 Å². The summed E-state index contributed by atoms with van der Waals surface area (Å²) < 4.78 is 7.33. The van der Waals surface area contributed by atoms with E-state index >= 15 is 0 Å². The zero-order valence-electron chi connectivity index (χ0n) is 15.6. The summed E-state index contributed by atoms with van der Waals surface area (Å²) in [6.07, 6.45) is 8.04. The number of rotatable bonds is 5. The van der Waals surface area contributed by atoms with Crippen molar-refractivity contribution in [2.75, 3.05) is 6.54 Å². The largest absolute Gasteiger partial charge is 0.507 e. The Kier molecular flexibility index (Phi) is 5.41. The second-order valence-corrected chi connectivity index (χ2v) is 7.31. The van der Waals surface area contributed by atoms with Crippen LogP contribution in [-0.4, -0.2) is 44.7 Å². The minimum atomic E-state index is -0.00907. The third-order valence-corrected chi connectivity index (χ3v) is 4.54. The normalized spacial score (nSPS) is 19.1. The molecule has 0 saturated carbocycles. The van der Waals surface area contributed by atoms with Crippen LogP contribution in [0.2, 0.25) is 0 Å². The lowest BCUT2D eigenvalue weighted by molar-refractivity contribution is 0.102. The van der Waals surface area contributed by atoms with Crippen LogP contribution in [0, 0.1) is 10.8 Å². The van der Waals surface area contributed by atoms with Crippen molar-refractivity contribution in [3.8, 4) is 11.4 Å². The zero-order valence-corrected chi connectivity index (χ0v) is 15.6. The van der Waals surface area contributed by atoms with Crippen molar-refractivity contribution in [2.45, 2.75) is 38.3 Å². The van der Waals surface area contributed by atoms with Crippen molar-refractivity contribution in [3.63, 3.8) is 0 Å². The van der Waals surface area contributed by atoms with Gasteiger partial charge >= 0.3 is 0 Å². The highest BCUT2D eigenvalue weighted by Gasteiger charge is 2.28. The number of piperidine rings is 1. The Hall–Kier alpha value is -2.93. The van der Waals surface area contributed by atoms with Crippen LogP contribution < -0.4 is 5.32 Å². The first-order chi connectivity index (χ1) is 12.8. The minimum Gasteiger partial charge on any atom is -0.507 e. The molecule has 7 nitrogen and oxygen atoms in total. The van der Waals surface area contributed by atoms with E-state index in [-0.39, 0.29) is 29.0 Å². The van der Waals surface area contributed by atoms with Crippen LogP contribution in [0.4, 0.5) is 0 Å². The smallest absolute Gasteiger partial charge is 0.206 e. The maximum Gasteiger partial charge on any atom is 0.206 e. The Morgan fingerprint density at radius 2 is 2.19 bits per heavy atom. The number of nitrogens with zero attached hydrogens (tertiary/aromatic N) is 2. The highest BCUT2D eigenvalue weighted by molar-refractivity contribution is 6.10. The highest BCUT2D eigenvalue weighted by atomic mass is 16.5. The lowest BCUT2D eigenvalue weighted by Gasteiger charge is -2.36. The Balaban J connectivity index is 1.62. The van der Waals surface area contributed by atoms with E-state index < -0.39 is 0 Å². The minimum absolute atomic E-state index is 0.00172. The van der Waals surface area contributed by atoms with Crippen molar-refractivity contribution in [1.29, 1.82) is 10.8 Å². The molecular weight excluding hydrogens is 342 g/mol. The van der Waals surface area contributed by atoms with Crippen LogP contribution >= 0.6 is 0 Å². The molecule has 1 saturated heterocycles. The van der Waals surface area contributed by atoms with Gasteiger partial charge in [0.1, 0.15) is 11.9 Å². The molecule has 0 radical (unpaired) electrons. The molecule has 1 atom stereocenters. The van der Waals surface area contributed by atoms with Gasteiger partial charge in [-0.3, -0.25) is 5.41 Å². The second-order valence-electron chi connectivity index (χ2n) is 7.31. The Labute approximate surface area is 158 Å². The van der Waals surface area contributed by atoms with Crippen LogP contribution in [0.25, 0.3) is 5.69 Å². The summed E-state index contributed by atoms with van der Waals surface area (Å²) in [4.78, 5) is 0. The van der Waals surface area contributed by atoms with E-state index in [0.29, 0.717) is 11.3 Å². The number of phenolic OH excluding ortho intramolecular Hbond substituents is 1. The zero-order chi connectivity index (χ0) is 19.4. The standard InChI is InChI=1S/C20H25N5O2/c1-20(2)13-15(8-10-23-20)27-19(22)7-6-17(21)16-5-4-14(12-18(16)26)25-11-3-9-24-25/h3-7,9,11-12,15,21-23,26H,8,10,13H2,1-2H3/b7-6-,21-17?,22-19?. The van der Waals surface area contributed by atoms with Crippen molar-refractivity contribution >= 4 is 11.6 Å². The summed E-state index contributed by atoms with van der Waals surface area (Å²) in [5.41, 5.74) is 1.21. The predicted octanol–water partition coefficient (Wildman–Crippen LogP) is 3.03. The summed E-state index contributed by atoms with van der Waals surface area (Å²) in [6, 6.07) is 6.80. The molecule has 0 spiro atoms. The van der Waals surface area contributed by atoms with Crippen LogP contribution in [0.3, 0.4) is 0 Å². The number of ether oxygens (including phenoxy) is 1. The molecule has 4 N–H and O–H groups in total. The van der Waals surface area contributed by atoms with Gasteiger partial charge in [-0.15, -0.1) is 0 Å². The molecule has 1 aromatic heterocycles. The van der Waals surface area contributed by atoms with E-state index in [1.807, 2.05) is 0 Å². The van der Waals surface area contributed by atoms with Gasteiger partial charge < -0.3 is 20.6 Å². The molecule has 27 heavy (non-hydrogen) atoms. The van der Waals surface area contributed by atoms with Crippen molar-refractivity contribution in [2.24, 2.45) is 0 Å². The van der Waals surface area contributed by atoms with E-state index in [0.717, 1.165) is 19.4 Å². The highest BCUT2D eigenvalue weighted by Crippen LogP contribution is 2.23. The number of benzene rings is 1. The summed E-state index contributed by atoms with van der Waals surface area (Å²) in [6.45, 7) is 5.10. The summed E-state index contributed by atoms with van der Waals surface area (Å²) in [5.74, 6) is 0.0142. The van der Waals surface area contributed by atoms with Gasteiger partial charge in [0.2, 0.25) is 5.90 Å². The fraction of sp³-hybridized carbons (Fsp3) is 0.350. The number of allylic oxidation sites excluding steroid dienone is 1. The van der Waals surface area contributed by atoms with Crippen molar-refractivity contribution in [3.05, 3.63) is 54.4 Å². The summed E-state index contributed by atoms with van der Waals surface area (Å²) in [5, 5.41) is 33.9. The molecule has 0 bridgehead atoms. The third kappa shape index (κ3) is 4.83. The van der Waals surface area contributed by atoms with E-state index in [9.17, 15) is 5.11 Å². The molecular formula is C20H25N5O2. The van der Waals surface area contributed by atoms with Crippen LogP contribution in [0.5, 0.6) is 5.75 Å².